The molecule has 0 N–H and O–H groups in total. The van der Waals surface area contributed by atoms with E-state index in [4.69, 9.17) is 4.52 Å². The van der Waals surface area contributed by atoms with Gasteiger partial charge in [0.15, 0.2) is 0 Å². The van der Waals surface area contributed by atoms with Crippen molar-refractivity contribution in [3.63, 3.8) is 0 Å². The Bertz CT molecular complexity index is 521. The Morgan fingerprint density at radius 1 is 1.28 bits per heavy atom. The van der Waals surface area contributed by atoms with Crippen molar-refractivity contribution < 1.29 is 4.52 Å². The Labute approximate surface area is 109 Å². The molecular weight excluding hydrogens is 224 g/mol. The predicted octanol–water partition coefficient (Wildman–Crippen LogP) is 4.25. The fourth-order valence-corrected chi connectivity index (χ4v) is 1.71. The largest absolute Gasteiger partial charge is 0.361 e. The van der Waals surface area contributed by atoms with Crippen LogP contribution in [-0.2, 0) is 0 Å². The van der Waals surface area contributed by atoms with E-state index in [0.29, 0.717) is 0 Å². The first kappa shape index (κ1) is 14.2. The Balaban J connectivity index is 3.20. The Morgan fingerprint density at radius 3 is 2.28 bits per heavy atom. The monoisotopic (exact) mass is 244 g/mol. The molecule has 1 aromatic rings. The lowest BCUT2D eigenvalue weighted by Crippen LogP contribution is -1.89. The molecule has 0 atom stereocenters. The van der Waals surface area contributed by atoms with Crippen molar-refractivity contribution >= 4 is 12.3 Å². The number of hydrogen-bond acceptors (Lipinski definition) is 3. The molecule has 0 saturated carbocycles. The number of aryl methyl sites for hydroxylation is 2. The van der Waals surface area contributed by atoms with E-state index in [2.05, 4.69) is 23.4 Å². The van der Waals surface area contributed by atoms with Gasteiger partial charge < -0.3 is 4.52 Å². The Morgan fingerprint density at radius 2 is 1.89 bits per heavy atom. The zero-order chi connectivity index (χ0) is 13.9. The molecule has 3 heteroatoms. The average molecular weight is 244 g/mol. The van der Waals surface area contributed by atoms with Crippen LogP contribution in [-0.4, -0.2) is 11.9 Å². The first-order valence-corrected chi connectivity index (χ1v) is 5.83. The van der Waals surface area contributed by atoms with Gasteiger partial charge in [0.2, 0.25) is 0 Å². The summed E-state index contributed by atoms with van der Waals surface area (Å²) in [5.41, 5.74) is 5.78. The summed E-state index contributed by atoms with van der Waals surface area (Å²) in [6, 6.07) is 0. The molecule has 0 spiro atoms. The highest BCUT2D eigenvalue weighted by molar-refractivity contribution is 5.76. The van der Waals surface area contributed by atoms with Crippen LogP contribution in [0.3, 0.4) is 0 Å². The minimum absolute atomic E-state index is 0.770. The third-order valence-electron chi connectivity index (χ3n) is 2.97. The number of nitrogens with zero attached hydrogens (tertiary/aromatic N) is 2. The molecule has 1 rings (SSSR count). The van der Waals surface area contributed by atoms with Crippen molar-refractivity contribution in [3.8, 4) is 0 Å². The highest BCUT2D eigenvalue weighted by Crippen LogP contribution is 2.25. The zero-order valence-corrected chi connectivity index (χ0v) is 11.8. The summed E-state index contributed by atoms with van der Waals surface area (Å²) in [4.78, 5) is 4.06. The second-order valence-electron chi connectivity index (χ2n) is 4.54. The predicted molar refractivity (Wildman–Crippen MR) is 76.7 cm³/mol. The number of aromatic nitrogens is 1. The number of allylic oxidation sites excluding steroid dienone is 4. The molecule has 1 heterocycles. The maximum Gasteiger partial charge on any atom is 0.141 e. The molecular formula is C15H20N2O. The van der Waals surface area contributed by atoms with E-state index in [1.807, 2.05) is 40.7 Å². The van der Waals surface area contributed by atoms with Gasteiger partial charge in [0.05, 0.1) is 11.4 Å². The zero-order valence-electron chi connectivity index (χ0n) is 11.8. The number of hydrogen-bond donors (Lipinski definition) is 0. The maximum absolute atomic E-state index is 5.14. The van der Waals surface area contributed by atoms with E-state index in [9.17, 15) is 0 Å². The molecule has 0 aliphatic rings. The lowest BCUT2D eigenvalue weighted by atomic mass is 10.0. The van der Waals surface area contributed by atoms with Crippen LogP contribution in [0.4, 0.5) is 0 Å². The Kier molecular flexibility index (Phi) is 4.43. The molecule has 0 radical (unpaired) electrons. The van der Waals surface area contributed by atoms with Crippen molar-refractivity contribution in [1.29, 1.82) is 0 Å². The molecule has 96 valence electrons. The summed E-state index contributed by atoms with van der Waals surface area (Å²) in [7, 11) is 0. The van der Waals surface area contributed by atoms with Gasteiger partial charge in [-0.05, 0) is 58.6 Å². The average Bonchev–Trinajstić information content (AvgIpc) is 2.64. The molecule has 0 aliphatic heterocycles. The topological polar surface area (TPSA) is 38.4 Å². The van der Waals surface area contributed by atoms with Crippen LogP contribution in [0.1, 0.15) is 37.8 Å². The summed E-state index contributed by atoms with van der Waals surface area (Å²) in [6.07, 6.45) is 1.92. The number of aliphatic imine (C=N–C) groups is 1. The third kappa shape index (κ3) is 2.86. The lowest BCUT2D eigenvalue weighted by molar-refractivity contribution is 0.393. The van der Waals surface area contributed by atoms with Gasteiger partial charge in [-0.25, -0.2) is 0 Å². The summed E-state index contributed by atoms with van der Waals surface area (Å²) in [5.74, 6) is 0.770. The van der Waals surface area contributed by atoms with Crippen molar-refractivity contribution in [2.24, 2.45) is 4.99 Å². The molecule has 18 heavy (non-hydrogen) atoms. The molecule has 0 saturated heterocycles. The van der Waals surface area contributed by atoms with Crippen molar-refractivity contribution in [2.45, 2.75) is 34.6 Å². The first-order valence-electron chi connectivity index (χ1n) is 5.83. The van der Waals surface area contributed by atoms with E-state index in [-0.39, 0.29) is 0 Å². The summed E-state index contributed by atoms with van der Waals surface area (Å²) >= 11 is 0. The molecule has 0 aliphatic carbocycles. The van der Waals surface area contributed by atoms with Gasteiger partial charge in [0.25, 0.3) is 0 Å². The molecule has 0 aromatic carbocycles. The minimum atomic E-state index is 0.770. The summed E-state index contributed by atoms with van der Waals surface area (Å²) in [5, 5.41) is 3.93. The van der Waals surface area contributed by atoms with Gasteiger partial charge >= 0.3 is 0 Å². The van der Waals surface area contributed by atoms with Crippen LogP contribution in [0.25, 0.3) is 5.57 Å². The number of rotatable bonds is 4. The van der Waals surface area contributed by atoms with Crippen LogP contribution in [0.2, 0.25) is 0 Å². The van der Waals surface area contributed by atoms with Crippen LogP contribution in [0.15, 0.2) is 39.0 Å². The molecule has 3 nitrogen and oxygen atoms in total. The Hall–Kier alpha value is -1.90. The van der Waals surface area contributed by atoms with Gasteiger partial charge in [0.1, 0.15) is 5.76 Å². The van der Waals surface area contributed by atoms with E-state index >= 15 is 0 Å². The van der Waals surface area contributed by atoms with Crippen LogP contribution in [0.5, 0.6) is 0 Å². The second kappa shape index (κ2) is 5.63. The molecule has 0 fully saturated rings. The van der Waals surface area contributed by atoms with Gasteiger partial charge in [0, 0.05) is 5.56 Å². The standard InChI is InChI=1S/C15H20N2O/c1-9(2)11(4)14(16-7)8-10(3)15-12(5)17-18-13(15)6/h8H,3,7H2,1-2,4-6H3/b14-8+. The van der Waals surface area contributed by atoms with E-state index < -0.39 is 0 Å². The highest BCUT2D eigenvalue weighted by atomic mass is 16.5. The van der Waals surface area contributed by atoms with Gasteiger partial charge in [-0.1, -0.05) is 17.3 Å². The summed E-state index contributed by atoms with van der Waals surface area (Å²) < 4.78 is 5.14. The smallest absolute Gasteiger partial charge is 0.141 e. The fraction of sp³-hybridized carbons (Fsp3) is 0.333. The normalized spacial score (nSPS) is 11.3. The minimum Gasteiger partial charge on any atom is -0.361 e. The van der Waals surface area contributed by atoms with E-state index in [1.165, 1.54) is 5.57 Å². The lowest BCUT2D eigenvalue weighted by Gasteiger charge is -2.06. The SMILES string of the molecule is C=N/C(=C/C(=C)c1c(C)noc1C)C(C)=C(C)C. The van der Waals surface area contributed by atoms with Gasteiger partial charge in [-0.3, -0.25) is 4.99 Å². The maximum atomic E-state index is 5.14. The molecule has 0 bridgehead atoms. The molecule has 1 aromatic heterocycles. The highest BCUT2D eigenvalue weighted by Gasteiger charge is 2.11. The second-order valence-corrected chi connectivity index (χ2v) is 4.54. The van der Waals surface area contributed by atoms with Crippen LogP contribution >= 0.6 is 0 Å². The van der Waals surface area contributed by atoms with E-state index in [1.54, 1.807) is 0 Å². The van der Waals surface area contributed by atoms with E-state index in [0.717, 1.165) is 33.9 Å². The van der Waals surface area contributed by atoms with Gasteiger partial charge in [-0.2, -0.15) is 0 Å². The fourth-order valence-electron chi connectivity index (χ4n) is 1.71. The van der Waals surface area contributed by atoms with Crippen molar-refractivity contribution in [2.75, 3.05) is 0 Å². The van der Waals surface area contributed by atoms with Gasteiger partial charge in [-0.15, -0.1) is 0 Å². The molecule has 0 amide bonds. The summed E-state index contributed by atoms with van der Waals surface area (Å²) in [6.45, 7) is 17.6. The third-order valence-corrected chi connectivity index (χ3v) is 2.97. The molecule has 0 unspecified atom stereocenters. The van der Waals surface area contributed by atoms with Crippen molar-refractivity contribution in [1.82, 2.24) is 5.16 Å². The first-order chi connectivity index (χ1) is 8.38. The van der Waals surface area contributed by atoms with Crippen LogP contribution in [0, 0.1) is 13.8 Å². The van der Waals surface area contributed by atoms with Crippen LogP contribution < -0.4 is 0 Å². The quantitative estimate of drug-likeness (QED) is 0.586. The van der Waals surface area contributed by atoms with Crippen molar-refractivity contribution in [3.05, 3.63) is 46.5 Å².